The zero-order valence-electron chi connectivity index (χ0n) is 10.2. The normalized spacial score (nSPS) is 10.4. The number of aryl methyl sites for hydroxylation is 2. The van der Waals surface area contributed by atoms with E-state index in [1.807, 2.05) is 12.1 Å². The van der Waals surface area contributed by atoms with Gasteiger partial charge in [0, 0.05) is 6.54 Å². The van der Waals surface area contributed by atoms with E-state index < -0.39 is 0 Å². The molecule has 1 heterocycles. The highest BCUT2D eigenvalue weighted by Gasteiger charge is 2.04. The first-order chi connectivity index (χ1) is 8.56. The van der Waals surface area contributed by atoms with Crippen LogP contribution in [0.3, 0.4) is 0 Å². The minimum atomic E-state index is -0.148. The maximum absolute atomic E-state index is 13.5. The van der Waals surface area contributed by atoms with Gasteiger partial charge in [-0.05, 0) is 42.7 Å². The lowest BCUT2D eigenvalue weighted by atomic mass is 10.1. The summed E-state index contributed by atoms with van der Waals surface area (Å²) in [4.78, 5) is 0. The lowest BCUT2D eigenvalue weighted by molar-refractivity contribution is 0.608. The van der Waals surface area contributed by atoms with Crippen molar-refractivity contribution >= 4 is 17.4 Å². The lowest BCUT2D eigenvalue weighted by Gasteiger charge is -2.08. The van der Waals surface area contributed by atoms with E-state index in [2.05, 4.69) is 15.5 Å². The zero-order chi connectivity index (χ0) is 13.1. The van der Waals surface area contributed by atoms with Crippen LogP contribution in [-0.4, -0.2) is 10.2 Å². The number of nitrogens with zero attached hydrogens (tertiary/aromatic N) is 2. The molecule has 0 aliphatic rings. The van der Waals surface area contributed by atoms with Gasteiger partial charge in [0.1, 0.15) is 11.6 Å². The molecule has 0 fully saturated rings. The van der Waals surface area contributed by atoms with Crippen molar-refractivity contribution in [3.05, 3.63) is 51.9 Å². The van der Waals surface area contributed by atoms with Crippen molar-refractivity contribution in [1.29, 1.82) is 0 Å². The number of benzene rings is 1. The van der Waals surface area contributed by atoms with Crippen LogP contribution >= 0.6 is 11.6 Å². The second kappa shape index (κ2) is 5.31. The predicted octanol–water partition coefficient (Wildman–Crippen LogP) is 3.50. The fraction of sp³-hybridized carbons (Fsp3) is 0.231. The van der Waals surface area contributed by atoms with E-state index in [9.17, 15) is 4.39 Å². The van der Waals surface area contributed by atoms with E-state index in [1.165, 1.54) is 0 Å². The molecule has 1 aromatic carbocycles. The molecular formula is C13H13ClFN3. The fourth-order valence-electron chi connectivity index (χ4n) is 1.74. The van der Waals surface area contributed by atoms with Gasteiger partial charge in [0.05, 0.1) is 0 Å². The number of halogens is 2. The van der Waals surface area contributed by atoms with E-state index >= 15 is 0 Å². The van der Waals surface area contributed by atoms with Gasteiger partial charge in [0.2, 0.25) is 0 Å². The van der Waals surface area contributed by atoms with Gasteiger partial charge >= 0.3 is 0 Å². The molecule has 0 aliphatic carbocycles. The molecule has 2 aromatic rings. The summed E-state index contributed by atoms with van der Waals surface area (Å²) in [7, 11) is 0. The van der Waals surface area contributed by atoms with Crippen molar-refractivity contribution in [3.63, 3.8) is 0 Å². The zero-order valence-corrected chi connectivity index (χ0v) is 10.9. The second-order valence-electron chi connectivity index (χ2n) is 4.14. The topological polar surface area (TPSA) is 37.8 Å². The monoisotopic (exact) mass is 265 g/mol. The Kier molecular flexibility index (Phi) is 3.77. The van der Waals surface area contributed by atoms with Gasteiger partial charge in [-0.3, -0.25) is 0 Å². The summed E-state index contributed by atoms with van der Waals surface area (Å²) in [5, 5.41) is 11.1. The average Bonchev–Trinajstić information content (AvgIpc) is 2.35. The van der Waals surface area contributed by atoms with Gasteiger partial charge in [-0.15, -0.1) is 10.2 Å². The van der Waals surface area contributed by atoms with Crippen molar-refractivity contribution in [2.24, 2.45) is 0 Å². The summed E-state index contributed by atoms with van der Waals surface area (Å²) in [6.07, 6.45) is 0. The highest BCUT2D eigenvalue weighted by atomic mass is 35.5. The van der Waals surface area contributed by atoms with E-state index in [4.69, 9.17) is 11.6 Å². The number of aromatic nitrogens is 2. The molecule has 18 heavy (non-hydrogen) atoms. The highest BCUT2D eigenvalue weighted by molar-refractivity contribution is 6.29. The number of nitrogens with one attached hydrogen (secondary N) is 1. The first-order valence-electron chi connectivity index (χ1n) is 5.55. The molecule has 0 saturated heterocycles. The SMILES string of the molecule is Cc1cc(CNc2ccc(Cl)nn2)cc(C)c1F. The Labute approximate surface area is 110 Å². The van der Waals surface area contributed by atoms with Crippen molar-refractivity contribution in [3.8, 4) is 0 Å². The third-order valence-corrected chi connectivity index (χ3v) is 2.80. The average molecular weight is 266 g/mol. The van der Waals surface area contributed by atoms with Gasteiger partial charge in [-0.25, -0.2) is 4.39 Å². The minimum absolute atomic E-state index is 0.148. The summed E-state index contributed by atoms with van der Waals surface area (Å²) in [5.74, 6) is 0.490. The molecule has 0 amide bonds. The molecule has 5 heteroatoms. The third kappa shape index (κ3) is 2.96. The van der Waals surface area contributed by atoms with Crippen molar-refractivity contribution in [2.45, 2.75) is 20.4 Å². The van der Waals surface area contributed by atoms with Crippen molar-refractivity contribution in [1.82, 2.24) is 10.2 Å². The molecular weight excluding hydrogens is 253 g/mol. The molecule has 94 valence electrons. The Balaban J connectivity index is 2.08. The molecule has 0 bridgehead atoms. The standard InChI is InChI=1S/C13H13ClFN3/c1-8-5-10(6-9(2)13(8)15)7-16-12-4-3-11(14)17-18-12/h3-6H,7H2,1-2H3,(H,16,18). The number of hydrogen-bond acceptors (Lipinski definition) is 3. The van der Waals surface area contributed by atoms with Crippen LogP contribution in [0.4, 0.5) is 10.2 Å². The van der Waals surface area contributed by atoms with Crippen molar-refractivity contribution in [2.75, 3.05) is 5.32 Å². The Bertz CT molecular complexity index is 532. The van der Waals surface area contributed by atoms with Gasteiger partial charge in [-0.1, -0.05) is 23.7 Å². The number of hydrogen-bond donors (Lipinski definition) is 1. The maximum Gasteiger partial charge on any atom is 0.151 e. The molecule has 2 rings (SSSR count). The summed E-state index contributed by atoms with van der Waals surface area (Å²) < 4.78 is 13.5. The molecule has 1 N–H and O–H groups in total. The first kappa shape index (κ1) is 12.8. The summed E-state index contributed by atoms with van der Waals surface area (Å²) in [5.41, 5.74) is 2.30. The van der Waals surface area contributed by atoms with Gasteiger partial charge in [0.15, 0.2) is 5.15 Å². The molecule has 0 unspecified atom stereocenters. The Morgan fingerprint density at radius 2 is 1.83 bits per heavy atom. The van der Waals surface area contributed by atoms with Crippen LogP contribution in [-0.2, 0) is 6.54 Å². The lowest BCUT2D eigenvalue weighted by Crippen LogP contribution is -2.03. The van der Waals surface area contributed by atoms with Crippen LogP contribution in [0.15, 0.2) is 24.3 Å². The molecule has 0 saturated carbocycles. The molecule has 0 aliphatic heterocycles. The number of rotatable bonds is 3. The predicted molar refractivity (Wildman–Crippen MR) is 70.2 cm³/mol. The highest BCUT2D eigenvalue weighted by Crippen LogP contribution is 2.16. The van der Waals surface area contributed by atoms with Crippen molar-refractivity contribution < 1.29 is 4.39 Å². The van der Waals surface area contributed by atoms with E-state index in [1.54, 1.807) is 26.0 Å². The molecule has 0 spiro atoms. The Morgan fingerprint density at radius 1 is 1.17 bits per heavy atom. The second-order valence-corrected chi connectivity index (χ2v) is 4.53. The van der Waals surface area contributed by atoms with Gasteiger partial charge in [0.25, 0.3) is 0 Å². The minimum Gasteiger partial charge on any atom is -0.365 e. The molecule has 3 nitrogen and oxygen atoms in total. The maximum atomic E-state index is 13.5. The molecule has 0 radical (unpaired) electrons. The summed E-state index contributed by atoms with van der Waals surface area (Å²) in [6, 6.07) is 7.05. The first-order valence-corrected chi connectivity index (χ1v) is 5.93. The summed E-state index contributed by atoms with van der Waals surface area (Å²) in [6.45, 7) is 4.08. The molecule has 0 atom stereocenters. The van der Waals surface area contributed by atoms with Crippen LogP contribution in [0, 0.1) is 19.7 Å². The van der Waals surface area contributed by atoms with Gasteiger partial charge in [-0.2, -0.15) is 0 Å². The van der Waals surface area contributed by atoms with Gasteiger partial charge < -0.3 is 5.32 Å². The molecule has 1 aromatic heterocycles. The summed E-state index contributed by atoms with van der Waals surface area (Å²) >= 11 is 5.64. The van der Waals surface area contributed by atoms with E-state index in [-0.39, 0.29) is 5.82 Å². The quantitative estimate of drug-likeness (QED) is 0.923. The number of anilines is 1. The smallest absolute Gasteiger partial charge is 0.151 e. The van der Waals surface area contributed by atoms with E-state index in [0.717, 1.165) is 5.56 Å². The van der Waals surface area contributed by atoms with E-state index in [0.29, 0.717) is 28.6 Å². The van der Waals surface area contributed by atoms with Crippen LogP contribution in [0.2, 0.25) is 5.15 Å². The van der Waals surface area contributed by atoms with Crippen LogP contribution in [0.25, 0.3) is 0 Å². The van der Waals surface area contributed by atoms with Crippen LogP contribution in [0.1, 0.15) is 16.7 Å². The Morgan fingerprint density at radius 3 is 2.39 bits per heavy atom. The van der Waals surface area contributed by atoms with Crippen LogP contribution < -0.4 is 5.32 Å². The van der Waals surface area contributed by atoms with Crippen LogP contribution in [0.5, 0.6) is 0 Å². The largest absolute Gasteiger partial charge is 0.365 e. The fourth-order valence-corrected chi connectivity index (χ4v) is 1.84. The third-order valence-electron chi connectivity index (χ3n) is 2.60. The Hall–Kier alpha value is -1.68.